The molecule has 1 aliphatic rings. The van der Waals surface area contributed by atoms with Gasteiger partial charge in [0.25, 0.3) is 0 Å². The van der Waals surface area contributed by atoms with Crippen molar-refractivity contribution < 1.29 is 4.79 Å². The highest BCUT2D eigenvalue weighted by molar-refractivity contribution is 5.95. The third kappa shape index (κ3) is 3.48. The molecule has 0 radical (unpaired) electrons. The Morgan fingerprint density at radius 1 is 1.37 bits per heavy atom. The number of benzene rings is 1. The van der Waals surface area contributed by atoms with E-state index in [1.54, 1.807) is 0 Å². The second kappa shape index (κ2) is 6.92. The number of nitrogens with two attached hydrogens (primary N) is 1. The van der Waals surface area contributed by atoms with Gasteiger partial charge in [-0.1, -0.05) is 31.9 Å². The molecule has 3 nitrogen and oxygen atoms in total. The first-order valence-electron chi connectivity index (χ1n) is 6.81. The van der Waals surface area contributed by atoms with Crippen LogP contribution < -0.4 is 11.1 Å². The molecule has 1 amide bonds. The highest BCUT2D eigenvalue weighted by Gasteiger charge is 2.39. The molecule has 106 valence electrons. The van der Waals surface area contributed by atoms with Crippen LogP contribution in [0.1, 0.15) is 38.2 Å². The predicted molar refractivity (Wildman–Crippen MR) is 81.7 cm³/mol. The van der Waals surface area contributed by atoms with Gasteiger partial charge in [-0.3, -0.25) is 4.79 Å². The van der Waals surface area contributed by atoms with Gasteiger partial charge in [-0.15, -0.1) is 12.4 Å². The summed E-state index contributed by atoms with van der Waals surface area (Å²) in [5.74, 6) is 0.0933. The zero-order valence-electron chi connectivity index (χ0n) is 11.4. The molecule has 0 saturated heterocycles. The Labute approximate surface area is 121 Å². The molecule has 1 saturated carbocycles. The Kier molecular flexibility index (Phi) is 5.83. The van der Waals surface area contributed by atoms with Crippen LogP contribution in [0, 0.1) is 5.41 Å². The number of nitrogens with one attached hydrogen (secondary N) is 1. The number of carbonyl (C=O) groups is 1. The van der Waals surface area contributed by atoms with Gasteiger partial charge in [0, 0.05) is 12.2 Å². The average molecular weight is 283 g/mol. The molecule has 0 spiro atoms. The van der Waals surface area contributed by atoms with Crippen molar-refractivity contribution in [3.05, 3.63) is 29.8 Å². The van der Waals surface area contributed by atoms with Gasteiger partial charge >= 0.3 is 0 Å². The van der Waals surface area contributed by atoms with Gasteiger partial charge in [0.05, 0.1) is 5.41 Å². The maximum Gasteiger partial charge on any atom is 0.231 e. The summed E-state index contributed by atoms with van der Waals surface area (Å²) >= 11 is 0. The molecule has 1 fully saturated rings. The zero-order valence-corrected chi connectivity index (χ0v) is 12.3. The van der Waals surface area contributed by atoms with Crippen LogP contribution in [0.2, 0.25) is 0 Å². The van der Waals surface area contributed by atoms with E-state index in [2.05, 4.69) is 18.3 Å². The predicted octanol–water partition coefficient (Wildman–Crippen LogP) is 3.13. The highest BCUT2D eigenvalue weighted by Crippen LogP contribution is 2.38. The first-order valence-corrected chi connectivity index (χ1v) is 6.81. The van der Waals surface area contributed by atoms with Gasteiger partial charge in [-0.05, 0) is 37.0 Å². The third-order valence-corrected chi connectivity index (χ3v) is 4.03. The molecule has 1 aliphatic carbocycles. The van der Waals surface area contributed by atoms with E-state index < -0.39 is 0 Å². The minimum Gasteiger partial charge on any atom is -0.329 e. The highest BCUT2D eigenvalue weighted by atomic mass is 35.5. The first-order chi connectivity index (χ1) is 8.70. The molecule has 0 aliphatic heterocycles. The number of rotatable bonds is 4. The van der Waals surface area contributed by atoms with Crippen LogP contribution in [0.25, 0.3) is 0 Å². The van der Waals surface area contributed by atoms with E-state index >= 15 is 0 Å². The van der Waals surface area contributed by atoms with Gasteiger partial charge in [-0.2, -0.15) is 0 Å². The molecule has 2 rings (SSSR count). The molecular weight excluding hydrogens is 260 g/mol. The summed E-state index contributed by atoms with van der Waals surface area (Å²) < 4.78 is 0. The zero-order chi connectivity index (χ0) is 13.0. The Hall–Kier alpha value is -1.06. The lowest BCUT2D eigenvalue weighted by atomic mass is 9.85. The van der Waals surface area contributed by atoms with Gasteiger partial charge < -0.3 is 11.1 Å². The van der Waals surface area contributed by atoms with E-state index in [1.807, 2.05) is 18.2 Å². The summed E-state index contributed by atoms with van der Waals surface area (Å²) in [4.78, 5) is 12.4. The molecule has 0 heterocycles. The van der Waals surface area contributed by atoms with E-state index in [0.717, 1.165) is 37.8 Å². The van der Waals surface area contributed by atoms with Gasteiger partial charge in [0.15, 0.2) is 0 Å². The van der Waals surface area contributed by atoms with E-state index in [-0.39, 0.29) is 23.7 Å². The van der Waals surface area contributed by atoms with Crippen LogP contribution in [0.5, 0.6) is 0 Å². The summed E-state index contributed by atoms with van der Waals surface area (Å²) in [6, 6.07) is 8.04. The Bertz CT molecular complexity index is 428. The van der Waals surface area contributed by atoms with Crippen molar-refractivity contribution >= 4 is 24.0 Å². The fourth-order valence-corrected chi connectivity index (χ4v) is 2.71. The number of halogens is 1. The number of hydrogen-bond acceptors (Lipinski definition) is 2. The minimum absolute atomic E-state index is 0. The molecule has 1 aromatic rings. The summed E-state index contributed by atoms with van der Waals surface area (Å²) in [7, 11) is 0. The molecule has 4 heteroatoms. The van der Waals surface area contributed by atoms with Gasteiger partial charge in [0.2, 0.25) is 5.91 Å². The third-order valence-electron chi connectivity index (χ3n) is 4.03. The van der Waals surface area contributed by atoms with Crippen molar-refractivity contribution in [2.45, 2.75) is 39.0 Å². The van der Waals surface area contributed by atoms with Crippen LogP contribution in [0.4, 0.5) is 5.69 Å². The van der Waals surface area contributed by atoms with Crippen molar-refractivity contribution in [3.63, 3.8) is 0 Å². The maximum atomic E-state index is 12.4. The second-order valence-corrected chi connectivity index (χ2v) is 5.20. The van der Waals surface area contributed by atoms with E-state index in [4.69, 9.17) is 5.73 Å². The quantitative estimate of drug-likeness (QED) is 0.891. The maximum absolute atomic E-state index is 12.4. The number of amides is 1. The average Bonchev–Trinajstić information content (AvgIpc) is 2.89. The lowest BCUT2D eigenvalue weighted by Gasteiger charge is -2.25. The Balaban J connectivity index is 0.00000180. The summed E-state index contributed by atoms with van der Waals surface area (Å²) in [5, 5.41) is 3.03. The SMILES string of the molecule is CCc1cccc(NC(=O)C2(CN)CCCC2)c1.Cl. The molecule has 0 aromatic heterocycles. The lowest BCUT2D eigenvalue weighted by Crippen LogP contribution is -2.40. The topological polar surface area (TPSA) is 55.1 Å². The number of aryl methyl sites for hydroxylation is 1. The van der Waals surface area contributed by atoms with E-state index in [0.29, 0.717) is 6.54 Å². The van der Waals surface area contributed by atoms with Crippen LogP contribution in [-0.4, -0.2) is 12.5 Å². The normalized spacial score (nSPS) is 16.7. The van der Waals surface area contributed by atoms with Gasteiger partial charge in [0.1, 0.15) is 0 Å². The Morgan fingerprint density at radius 3 is 2.63 bits per heavy atom. The first kappa shape index (κ1) is 16.0. The summed E-state index contributed by atoms with van der Waals surface area (Å²) in [6.07, 6.45) is 5.04. The largest absolute Gasteiger partial charge is 0.329 e. The van der Waals surface area contributed by atoms with Crippen molar-refractivity contribution in [1.29, 1.82) is 0 Å². The summed E-state index contributed by atoms with van der Waals surface area (Å²) in [5.41, 5.74) is 7.61. The molecule has 19 heavy (non-hydrogen) atoms. The summed E-state index contributed by atoms with van der Waals surface area (Å²) in [6.45, 7) is 2.56. The van der Waals surface area contributed by atoms with E-state index in [1.165, 1.54) is 5.56 Å². The molecule has 0 bridgehead atoms. The van der Waals surface area contributed by atoms with Crippen molar-refractivity contribution in [3.8, 4) is 0 Å². The minimum atomic E-state index is -0.331. The van der Waals surface area contributed by atoms with Gasteiger partial charge in [-0.25, -0.2) is 0 Å². The number of hydrogen-bond donors (Lipinski definition) is 2. The second-order valence-electron chi connectivity index (χ2n) is 5.20. The van der Waals surface area contributed by atoms with Crippen LogP contribution >= 0.6 is 12.4 Å². The van der Waals surface area contributed by atoms with E-state index in [9.17, 15) is 4.79 Å². The molecule has 0 unspecified atom stereocenters. The van der Waals surface area contributed by atoms with Crippen LogP contribution in [0.3, 0.4) is 0 Å². The smallest absolute Gasteiger partial charge is 0.231 e. The molecule has 1 aromatic carbocycles. The van der Waals surface area contributed by atoms with Crippen molar-refractivity contribution in [1.82, 2.24) is 0 Å². The fraction of sp³-hybridized carbons (Fsp3) is 0.533. The van der Waals surface area contributed by atoms with Crippen LogP contribution in [-0.2, 0) is 11.2 Å². The van der Waals surface area contributed by atoms with Crippen LogP contribution in [0.15, 0.2) is 24.3 Å². The number of anilines is 1. The lowest BCUT2D eigenvalue weighted by molar-refractivity contribution is -0.124. The van der Waals surface area contributed by atoms with Crippen molar-refractivity contribution in [2.24, 2.45) is 11.1 Å². The monoisotopic (exact) mass is 282 g/mol. The molecule has 0 atom stereocenters. The standard InChI is InChI=1S/C15H22N2O.ClH/c1-2-12-6-5-7-13(10-12)17-14(18)15(11-16)8-3-4-9-15;/h5-7,10H,2-4,8-9,11,16H2,1H3,(H,17,18);1H. The number of carbonyl (C=O) groups excluding carboxylic acids is 1. The fourth-order valence-electron chi connectivity index (χ4n) is 2.71. The molecular formula is C15H23ClN2O. The Morgan fingerprint density at radius 2 is 2.05 bits per heavy atom. The molecule has 3 N–H and O–H groups in total. The van der Waals surface area contributed by atoms with Crippen molar-refractivity contribution in [2.75, 3.05) is 11.9 Å².